The Labute approximate surface area is 143 Å². The van der Waals surface area contributed by atoms with E-state index >= 15 is 0 Å². The topological polar surface area (TPSA) is 58.6 Å². The van der Waals surface area contributed by atoms with Gasteiger partial charge in [-0.05, 0) is 42.9 Å². The van der Waals surface area contributed by atoms with Crippen molar-refractivity contribution in [1.29, 1.82) is 0 Å². The molecule has 1 fully saturated rings. The number of aliphatic hydroxyl groups excluding tert-OH is 1. The van der Waals surface area contributed by atoms with Gasteiger partial charge in [0.2, 0.25) is 0 Å². The lowest BCUT2D eigenvalue weighted by molar-refractivity contribution is -0.116. The molecule has 1 aromatic carbocycles. The Morgan fingerprint density at radius 3 is 2.46 bits per heavy atom. The van der Waals surface area contributed by atoms with E-state index in [0.29, 0.717) is 11.3 Å². The highest BCUT2D eigenvalue weighted by Gasteiger charge is 2.47. The number of hydrogen-bond donors (Lipinski definition) is 2. The van der Waals surface area contributed by atoms with Crippen LogP contribution in [-0.4, -0.2) is 23.7 Å². The van der Waals surface area contributed by atoms with E-state index in [1.165, 1.54) is 5.56 Å². The maximum Gasteiger partial charge on any atom is 0.256 e. The first kappa shape index (κ1) is 16.9. The molecule has 1 amide bonds. The van der Waals surface area contributed by atoms with Crippen molar-refractivity contribution in [3.05, 3.63) is 34.6 Å². The number of hydrogen-bond acceptors (Lipinski definition) is 3. The number of aliphatic hydroxyl groups is 1. The van der Waals surface area contributed by atoms with Gasteiger partial charge < -0.3 is 15.2 Å². The number of methoxy groups -OCH3 is 1. The Hall–Kier alpha value is -1.97. The minimum Gasteiger partial charge on any atom is -0.509 e. The average Bonchev–Trinajstić information content (AvgIpc) is 2.84. The predicted molar refractivity (Wildman–Crippen MR) is 95.3 cm³/mol. The number of nitrogens with one attached hydrogen (secondary N) is 1. The molecule has 0 saturated heterocycles. The fourth-order valence-electron chi connectivity index (χ4n) is 4.10. The summed E-state index contributed by atoms with van der Waals surface area (Å²) in [5.41, 5.74) is 2.83. The molecule has 130 valence electrons. The molecule has 1 spiro atoms. The zero-order valence-electron chi connectivity index (χ0n) is 14.9. The third-order valence-corrected chi connectivity index (χ3v) is 5.48. The van der Waals surface area contributed by atoms with Crippen molar-refractivity contribution in [3.63, 3.8) is 0 Å². The van der Waals surface area contributed by atoms with Crippen molar-refractivity contribution < 1.29 is 14.6 Å². The quantitative estimate of drug-likeness (QED) is 0.880. The van der Waals surface area contributed by atoms with Gasteiger partial charge in [-0.1, -0.05) is 39.2 Å². The van der Waals surface area contributed by atoms with Gasteiger partial charge in [0.15, 0.2) is 0 Å². The van der Waals surface area contributed by atoms with Gasteiger partial charge in [0.1, 0.15) is 11.5 Å². The number of benzene rings is 1. The van der Waals surface area contributed by atoms with E-state index in [-0.39, 0.29) is 11.7 Å². The highest BCUT2D eigenvalue weighted by Crippen LogP contribution is 2.44. The second-order valence-corrected chi connectivity index (χ2v) is 6.86. The largest absolute Gasteiger partial charge is 0.509 e. The van der Waals surface area contributed by atoms with Crippen molar-refractivity contribution in [2.45, 2.75) is 64.3 Å². The summed E-state index contributed by atoms with van der Waals surface area (Å²) in [6.07, 6.45) is 6.54. The summed E-state index contributed by atoms with van der Waals surface area (Å²) in [6.45, 7) is 4.17. The van der Waals surface area contributed by atoms with Crippen LogP contribution in [0.4, 0.5) is 0 Å². The van der Waals surface area contributed by atoms with Crippen LogP contribution in [-0.2, 0) is 17.6 Å². The average molecular weight is 329 g/mol. The number of ether oxygens (including phenoxy) is 1. The first-order valence-electron chi connectivity index (χ1n) is 9.02. The normalized spacial score (nSPS) is 19.7. The summed E-state index contributed by atoms with van der Waals surface area (Å²) >= 11 is 0. The van der Waals surface area contributed by atoms with Crippen molar-refractivity contribution in [1.82, 2.24) is 5.32 Å². The second kappa shape index (κ2) is 6.50. The Bertz CT molecular complexity index is 659. The van der Waals surface area contributed by atoms with E-state index in [0.717, 1.165) is 56.1 Å². The molecule has 0 aromatic heterocycles. The summed E-state index contributed by atoms with van der Waals surface area (Å²) in [7, 11) is 1.62. The van der Waals surface area contributed by atoms with Gasteiger partial charge >= 0.3 is 0 Å². The van der Waals surface area contributed by atoms with Crippen LogP contribution in [0, 0.1) is 0 Å². The van der Waals surface area contributed by atoms with E-state index in [9.17, 15) is 9.90 Å². The molecule has 2 aliphatic rings. The van der Waals surface area contributed by atoms with Gasteiger partial charge in [0, 0.05) is 5.56 Å². The van der Waals surface area contributed by atoms with Gasteiger partial charge in [0.25, 0.3) is 5.91 Å². The summed E-state index contributed by atoms with van der Waals surface area (Å²) in [5, 5.41) is 14.1. The lowest BCUT2D eigenvalue weighted by Gasteiger charge is -2.33. The number of carbonyl (C=O) groups is 1. The summed E-state index contributed by atoms with van der Waals surface area (Å²) < 4.78 is 5.59. The van der Waals surface area contributed by atoms with E-state index in [2.05, 4.69) is 25.2 Å². The summed E-state index contributed by atoms with van der Waals surface area (Å²) in [4.78, 5) is 12.8. The number of rotatable bonds is 4. The van der Waals surface area contributed by atoms with Crippen molar-refractivity contribution in [3.8, 4) is 5.75 Å². The van der Waals surface area contributed by atoms with Gasteiger partial charge in [-0.2, -0.15) is 0 Å². The maximum absolute atomic E-state index is 12.8. The molecule has 1 saturated carbocycles. The van der Waals surface area contributed by atoms with Crippen molar-refractivity contribution >= 4 is 11.5 Å². The molecular weight excluding hydrogens is 302 g/mol. The molecule has 0 bridgehead atoms. The molecule has 1 aliphatic heterocycles. The van der Waals surface area contributed by atoms with E-state index in [1.807, 2.05) is 6.07 Å². The minimum absolute atomic E-state index is 0.174. The fourth-order valence-corrected chi connectivity index (χ4v) is 4.10. The van der Waals surface area contributed by atoms with Gasteiger partial charge in [-0.3, -0.25) is 4.79 Å². The standard InChI is InChI=1S/C20H27NO3/c1-4-13-11-14(5-2)16(15(12-13)24-3)17-18(22)20(21-19(17)23)9-7-6-8-10-20/h11-12,22H,4-10H2,1-3H3,(H,21,23). The molecular formula is C20H27NO3. The zero-order chi connectivity index (χ0) is 17.3. The lowest BCUT2D eigenvalue weighted by atomic mass is 9.80. The smallest absolute Gasteiger partial charge is 0.256 e. The van der Waals surface area contributed by atoms with Gasteiger partial charge in [-0.15, -0.1) is 0 Å². The predicted octanol–water partition coefficient (Wildman–Crippen LogP) is 3.92. The van der Waals surface area contributed by atoms with Crippen LogP contribution in [0.2, 0.25) is 0 Å². The molecule has 4 nitrogen and oxygen atoms in total. The molecule has 0 radical (unpaired) electrons. The molecule has 24 heavy (non-hydrogen) atoms. The van der Waals surface area contributed by atoms with Crippen LogP contribution >= 0.6 is 0 Å². The third kappa shape index (κ3) is 2.58. The molecule has 1 aromatic rings. The Morgan fingerprint density at radius 1 is 1.17 bits per heavy atom. The lowest BCUT2D eigenvalue weighted by Crippen LogP contribution is -2.46. The first-order valence-corrected chi connectivity index (χ1v) is 9.02. The van der Waals surface area contributed by atoms with Crippen molar-refractivity contribution in [2.75, 3.05) is 7.11 Å². The van der Waals surface area contributed by atoms with Crippen LogP contribution < -0.4 is 10.1 Å². The third-order valence-electron chi connectivity index (χ3n) is 5.48. The number of aryl methyl sites for hydroxylation is 2. The van der Waals surface area contributed by atoms with Crippen LogP contribution in [0.15, 0.2) is 17.9 Å². The van der Waals surface area contributed by atoms with Crippen LogP contribution in [0.25, 0.3) is 5.57 Å². The molecule has 1 heterocycles. The molecule has 4 heteroatoms. The Balaban J connectivity index is 2.18. The van der Waals surface area contributed by atoms with Gasteiger partial charge in [-0.25, -0.2) is 0 Å². The molecule has 2 N–H and O–H groups in total. The number of amides is 1. The Kier molecular flexibility index (Phi) is 4.57. The maximum atomic E-state index is 12.8. The van der Waals surface area contributed by atoms with E-state index in [4.69, 9.17) is 4.74 Å². The van der Waals surface area contributed by atoms with Crippen molar-refractivity contribution in [2.24, 2.45) is 0 Å². The minimum atomic E-state index is -0.565. The van der Waals surface area contributed by atoms with E-state index < -0.39 is 5.54 Å². The summed E-state index contributed by atoms with van der Waals surface area (Å²) in [5.74, 6) is 0.715. The van der Waals surface area contributed by atoms with Crippen LogP contribution in [0.5, 0.6) is 5.75 Å². The molecule has 0 atom stereocenters. The van der Waals surface area contributed by atoms with E-state index in [1.54, 1.807) is 7.11 Å². The second-order valence-electron chi connectivity index (χ2n) is 6.86. The van der Waals surface area contributed by atoms with Gasteiger partial charge in [0.05, 0.1) is 18.2 Å². The number of carbonyl (C=O) groups excluding carboxylic acids is 1. The van der Waals surface area contributed by atoms with Crippen LogP contribution in [0.1, 0.15) is 62.6 Å². The molecule has 1 aliphatic carbocycles. The Morgan fingerprint density at radius 2 is 1.88 bits per heavy atom. The zero-order valence-corrected chi connectivity index (χ0v) is 14.9. The fraction of sp³-hybridized carbons (Fsp3) is 0.550. The highest BCUT2D eigenvalue weighted by atomic mass is 16.5. The summed E-state index contributed by atoms with van der Waals surface area (Å²) in [6, 6.07) is 4.10. The monoisotopic (exact) mass is 329 g/mol. The molecule has 3 rings (SSSR count). The first-order chi connectivity index (χ1) is 11.6. The molecule has 0 unspecified atom stereocenters. The SMILES string of the molecule is CCc1cc(CC)c(C2=C(O)C3(CCCCC3)NC2=O)c(OC)c1. The highest BCUT2D eigenvalue weighted by molar-refractivity contribution is 6.24. The van der Waals surface area contributed by atoms with Crippen LogP contribution in [0.3, 0.4) is 0 Å².